The molecule has 0 spiro atoms. The highest BCUT2D eigenvalue weighted by molar-refractivity contribution is 5.67. The van der Waals surface area contributed by atoms with Crippen LogP contribution in [0.4, 0.5) is 4.79 Å². The molecule has 0 aliphatic rings. The molecule has 0 aromatic carbocycles. The summed E-state index contributed by atoms with van der Waals surface area (Å²) in [6, 6.07) is 0.811. The van der Waals surface area contributed by atoms with Crippen molar-refractivity contribution in [3.8, 4) is 0 Å². The summed E-state index contributed by atoms with van der Waals surface area (Å²) >= 11 is 0. The molecular formula is C16H34N2O2. The largest absolute Gasteiger partial charge is 0.444 e. The second-order valence-corrected chi connectivity index (χ2v) is 6.58. The Morgan fingerprint density at radius 2 is 1.80 bits per heavy atom. The molecular weight excluding hydrogens is 252 g/mol. The topological polar surface area (TPSA) is 50.4 Å². The van der Waals surface area contributed by atoms with Crippen molar-refractivity contribution in [1.82, 2.24) is 10.6 Å². The van der Waals surface area contributed by atoms with Crippen molar-refractivity contribution in [2.75, 3.05) is 6.54 Å². The van der Waals surface area contributed by atoms with Crippen molar-refractivity contribution in [3.05, 3.63) is 0 Å². The van der Waals surface area contributed by atoms with Gasteiger partial charge >= 0.3 is 6.09 Å². The van der Waals surface area contributed by atoms with E-state index >= 15 is 0 Å². The average Bonchev–Trinajstić information content (AvgIpc) is 2.31. The summed E-state index contributed by atoms with van der Waals surface area (Å²) < 4.78 is 5.23. The van der Waals surface area contributed by atoms with Crippen LogP contribution in [0.1, 0.15) is 73.6 Å². The van der Waals surface area contributed by atoms with Gasteiger partial charge in [0.25, 0.3) is 0 Å². The molecule has 0 fully saturated rings. The van der Waals surface area contributed by atoms with Gasteiger partial charge in [-0.1, -0.05) is 33.1 Å². The maximum atomic E-state index is 11.6. The zero-order valence-corrected chi connectivity index (χ0v) is 14.2. The Bertz CT molecular complexity index is 262. The van der Waals surface area contributed by atoms with Crippen LogP contribution in [0.25, 0.3) is 0 Å². The van der Waals surface area contributed by atoms with Gasteiger partial charge in [-0.05, 0) is 40.5 Å². The van der Waals surface area contributed by atoms with Gasteiger partial charge in [0.15, 0.2) is 0 Å². The number of hydrogen-bond acceptors (Lipinski definition) is 3. The number of rotatable bonds is 9. The van der Waals surface area contributed by atoms with Gasteiger partial charge in [0.05, 0.1) is 0 Å². The van der Waals surface area contributed by atoms with Crippen LogP contribution in [0, 0.1) is 0 Å². The van der Waals surface area contributed by atoms with Crippen molar-refractivity contribution in [3.63, 3.8) is 0 Å². The van der Waals surface area contributed by atoms with Gasteiger partial charge in [0.1, 0.15) is 5.60 Å². The SMILES string of the molecule is CCCCC(CCC)NC(C)CNC(=O)OC(C)(C)C. The predicted octanol–water partition coefficient (Wildman–Crippen LogP) is 3.85. The maximum absolute atomic E-state index is 11.6. The van der Waals surface area contributed by atoms with E-state index in [-0.39, 0.29) is 12.1 Å². The van der Waals surface area contributed by atoms with E-state index in [9.17, 15) is 4.79 Å². The number of amides is 1. The molecule has 0 aliphatic heterocycles. The van der Waals surface area contributed by atoms with Crippen LogP contribution in [-0.2, 0) is 4.74 Å². The molecule has 120 valence electrons. The molecule has 1 amide bonds. The lowest BCUT2D eigenvalue weighted by molar-refractivity contribution is 0.0522. The van der Waals surface area contributed by atoms with Crippen LogP contribution in [0.2, 0.25) is 0 Å². The standard InChI is InChI=1S/C16H34N2O2/c1-7-9-11-14(10-8-2)18-13(3)12-17-15(19)20-16(4,5)6/h13-14,18H,7-12H2,1-6H3,(H,17,19). The van der Waals surface area contributed by atoms with Crippen LogP contribution < -0.4 is 10.6 Å². The minimum absolute atomic E-state index is 0.260. The normalized spacial score (nSPS) is 14.7. The molecule has 0 bridgehead atoms. The summed E-state index contributed by atoms with van der Waals surface area (Å²) in [7, 11) is 0. The lowest BCUT2D eigenvalue weighted by atomic mass is 10.0. The third-order valence-corrected chi connectivity index (χ3v) is 3.01. The highest BCUT2D eigenvalue weighted by atomic mass is 16.6. The molecule has 0 radical (unpaired) electrons. The van der Waals surface area contributed by atoms with Crippen molar-refractivity contribution in [2.45, 2.75) is 91.3 Å². The first-order valence-electron chi connectivity index (χ1n) is 8.01. The molecule has 0 heterocycles. The third-order valence-electron chi connectivity index (χ3n) is 3.01. The van der Waals surface area contributed by atoms with Crippen molar-refractivity contribution in [1.29, 1.82) is 0 Å². The highest BCUT2D eigenvalue weighted by Gasteiger charge is 2.17. The van der Waals surface area contributed by atoms with E-state index < -0.39 is 5.60 Å². The lowest BCUT2D eigenvalue weighted by Crippen LogP contribution is -2.45. The summed E-state index contributed by atoms with van der Waals surface area (Å²) in [5.74, 6) is 0. The molecule has 20 heavy (non-hydrogen) atoms. The minimum atomic E-state index is -0.438. The number of carbonyl (C=O) groups is 1. The van der Waals surface area contributed by atoms with Crippen molar-refractivity contribution < 1.29 is 9.53 Å². The second kappa shape index (κ2) is 10.0. The van der Waals surface area contributed by atoms with E-state index in [0.29, 0.717) is 12.6 Å². The summed E-state index contributed by atoms with van der Waals surface area (Å²) in [5, 5.41) is 6.42. The molecule has 0 saturated carbocycles. The van der Waals surface area contributed by atoms with E-state index in [1.54, 1.807) is 0 Å². The van der Waals surface area contributed by atoms with E-state index in [0.717, 1.165) is 0 Å². The molecule has 4 nitrogen and oxygen atoms in total. The third kappa shape index (κ3) is 11.1. The molecule has 4 heteroatoms. The Morgan fingerprint density at radius 1 is 1.15 bits per heavy atom. The van der Waals surface area contributed by atoms with Crippen LogP contribution in [0.5, 0.6) is 0 Å². The highest BCUT2D eigenvalue weighted by Crippen LogP contribution is 2.08. The Morgan fingerprint density at radius 3 is 2.30 bits per heavy atom. The quantitative estimate of drug-likeness (QED) is 0.677. The number of hydrogen-bond donors (Lipinski definition) is 2. The lowest BCUT2D eigenvalue weighted by Gasteiger charge is -2.24. The fourth-order valence-electron chi connectivity index (χ4n) is 2.12. The number of alkyl carbamates (subject to hydrolysis) is 1. The van der Waals surface area contributed by atoms with Gasteiger partial charge in [-0.2, -0.15) is 0 Å². The summed E-state index contributed by atoms with van der Waals surface area (Å²) in [4.78, 5) is 11.6. The van der Waals surface area contributed by atoms with Gasteiger partial charge in [-0.25, -0.2) is 4.79 Å². The second-order valence-electron chi connectivity index (χ2n) is 6.58. The average molecular weight is 286 g/mol. The summed E-state index contributed by atoms with van der Waals surface area (Å²) in [6.45, 7) is 12.7. The number of unbranched alkanes of at least 4 members (excludes halogenated alkanes) is 1. The van der Waals surface area contributed by atoms with Crippen molar-refractivity contribution in [2.24, 2.45) is 0 Å². The molecule has 0 saturated heterocycles. The van der Waals surface area contributed by atoms with Crippen molar-refractivity contribution >= 4 is 6.09 Å². The van der Waals surface area contributed by atoms with E-state index in [2.05, 4.69) is 31.4 Å². The van der Waals surface area contributed by atoms with Gasteiger partial charge in [0, 0.05) is 18.6 Å². The summed E-state index contributed by atoms with van der Waals surface area (Å²) in [5.41, 5.74) is -0.438. The molecule has 2 atom stereocenters. The molecule has 0 rings (SSSR count). The first-order chi connectivity index (χ1) is 9.28. The molecule has 0 aromatic rings. The fraction of sp³-hybridized carbons (Fsp3) is 0.938. The molecule has 2 unspecified atom stereocenters. The van der Waals surface area contributed by atoms with Crippen LogP contribution in [0.3, 0.4) is 0 Å². The predicted molar refractivity (Wildman–Crippen MR) is 85.1 cm³/mol. The maximum Gasteiger partial charge on any atom is 0.407 e. The Hall–Kier alpha value is -0.770. The minimum Gasteiger partial charge on any atom is -0.444 e. The van der Waals surface area contributed by atoms with Gasteiger partial charge in [-0.15, -0.1) is 0 Å². The number of carbonyl (C=O) groups excluding carboxylic acids is 1. The van der Waals surface area contributed by atoms with Gasteiger partial charge in [0.2, 0.25) is 0 Å². The molecule has 0 aliphatic carbocycles. The Labute approximate surface area is 125 Å². The Kier molecular flexibility index (Phi) is 9.64. The van der Waals surface area contributed by atoms with E-state index in [1.165, 1.54) is 32.1 Å². The number of nitrogens with one attached hydrogen (secondary N) is 2. The Balaban J connectivity index is 3.99. The zero-order valence-electron chi connectivity index (χ0n) is 14.2. The summed E-state index contributed by atoms with van der Waals surface area (Å²) in [6.07, 6.45) is 5.73. The first kappa shape index (κ1) is 19.2. The van der Waals surface area contributed by atoms with Crippen LogP contribution >= 0.6 is 0 Å². The first-order valence-corrected chi connectivity index (χ1v) is 8.01. The molecule has 0 aromatic heterocycles. The van der Waals surface area contributed by atoms with Gasteiger partial charge < -0.3 is 15.4 Å². The number of ether oxygens (including phenoxy) is 1. The van der Waals surface area contributed by atoms with E-state index in [4.69, 9.17) is 4.74 Å². The van der Waals surface area contributed by atoms with Gasteiger partial charge in [-0.3, -0.25) is 0 Å². The molecule has 2 N–H and O–H groups in total. The smallest absolute Gasteiger partial charge is 0.407 e. The zero-order chi connectivity index (χ0) is 15.6. The van der Waals surface area contributed by atoms with Crippen LogP contribution in [-0.4, -0.2) is 30.3 Å². The van der Waals surface area contributed by atoms with E-state index in [1.807, 2.05) is 20.8 Å². The monoisotopic (exact) mass is 286 g/mol. The van der Waals surface area contributed by atoms with Crippen LogP contribution in [0.15, 0.2) is 0 Å². The fourth-order valence-corrected chi connectivity index (χ4v) is 2.12.